The lowest BCUT2D eigenvalue weighted by molar-refractivity contribution is -0.137. The molecule has 2 aromatic rings. The van der Waals surface area contributed by atoms with Gasteiger partial charge in [0.15, 0.2) is 0 Å². The van der Waals surface area contributed by atoms with E-state index in [9.17, 15) is 24.0 Å². The Morgan fingerprint density at radius 3 is 2.50 bits per heavy atom. The Bertz CT molecular complexity index is 1360. The van der Waals surface area contributed by atoms with Gasteiger partial charge in [-0.05, 0) is 57.2 Å². The molecule has 3 heterocycles. The van der Waals surface area contributed by atoms with Crippen molar-refractivity contribution in [3.63, 3.8) is 0 Å². The van der Waals surface area contributed by atoms with Crippen molar-refractivity contribution in [2.24, 2.45) is 0 Å². The minimum absolute atomic E-state index is 0.124. The van der Waals surface area contributed by atoms with Crippen LogP contribution in [0.25, 0.3) is 11.0 Å². The smallest absolute Gasteiger partial charge is 0.351 e. The van der Waals surface area contributed by atoms with Crippen molar-refractivity contribution >= 4 is 40.3 Å². The molecule has 0 aliphatic carbocycles. The van der Waals surface area contributed by atoms with E-state index in [0.717, 1.165) is 22.6 Å². The van der Waals surface area contributed by atoms with Crippen LogP contribution in [0.5, 0.6) is 0 Å². The van der Waals surface area contributed by atoms with Crippen molar-refractivity contribution in [1.82, 2.24) is 10.2 Å². The standard InChI is InChI=1S/C28H33N3O7/c1-5-37-26(35)20-14-18-13-19-17(2)16-28(3,4)31(21(19)15-22(18)38-27(20)36)11-6-7-23(32)29-10-12-30-24(33)8-9-25(30)34/h8-9,13-15,17H,5-7,10-12,16H2,1-4H3,(H,29,32). The number of nitrogens with one attached hydrogen (secondary N) is 1. The molecule has 0 saturated carbocycles. The second kappa shape index (κ2) is 10.8. The molecule has 10 heteroatoms. The number of imide groups is 1. The normalized spacial score (nSPS) is 18.2. The summed E-state index contributed by atoms with van der Waals surface area (Å²) in [6.07, 6.45) is 4.18. The van der Waals surface area contributed by atoms with E-state index in [0.29, 0.717) is 23.9 Å². The summed E-state index contributed by atoms with van der Waals surface area (Å²) in [5.41, 5.74) is 1.34. The largest absolute Gasteiger partial charge is 0.462 e. The van der Waals surface area contributed by atoms with Crippen LogP contribution in [0, 0.1) is 0 Å². The van der Waals surface area contributed by atoms with Crippen LogP contribution < -0.4 is 15.8 Å². The fourth-order valence-corrected chi connectivity index (χ4v) is 5.32. The van der Waals surface area contributed by atoms with E-state index in [2.05, 4.69) is 31.0 Å². The highest BCUT2D eigenvalue weighted by Gasteiger charge is 2.36. The third kappa shape index (κ3) is 5.49. The first kappa shape index (κ1) is 27.1. The summed E-state index contributed by atoms with van der Waals surface area (Å²) in [5.74, 6) is -1.37. The van der Waals surface area contributed by atoms with Crippen LogP contribution in [0.15, 0.2) is 39.6 Å². The third-order valence-electron chi connectivity index (χ3n) is 7.08. The van der Waals surface area contributed by atoms with E-state index in [1.165, 1.54) is 18.2 Å². The average molecular weight is 524 g/mol. The van der Waals surface area contributed by atoms with E-state index in [1.54, 1.807) is 6.92 Å². The lowest BCUT2D eigenvalue weighted by Crippen LogP contribution is -2.49. The molecule has 202 valence electrons. The first-order valence-corrected chi connectivity index (χ1v) is 12.9. The van der Waals surface area contributed by atoms with E-state index < -0.39 is 11.6 Å². The van der Waals surface area contributed by atoms with Gasteiger partial charge in [-0.2, -0.15) is 0 Å². The topological polar surface area (TPSA) is 126 Å². The minimum Gasteiger partial charge on any atom is -0.462 e. The molecule has 1 atom stereocenters. The molecule has 1 N–H and O–H groups in total. The number of carbonyl (C=O) groups is 4. The van der Waals surface area contributed by atoms with Gasteiger partial charge in [0, 0.05) is 60.9 Å². The molecule has 2 aliphatic heterocycles. The Kier molecular flexibility index (Phi) is 7.71. The predicted molar refractivity (Wildman–Crippen MR) is 141 cm³/mol. The molecule has 0 bridgehead atoms. The summed E-state index contributed by atoms with van der Waals surface area (Å²) in [4.78, 5) is 63.6. The van der Waals surface area contributed by atoms with Gasteiger partial charge in [0.1, 0.15) is 11.1 Å². The fourth-order valence-electron chi connectivity index (χ4n) is 5.32. The molecule has 38 heavy (non-hydrogen) atoms. The highest BCUT2D eigenvalue weighted by Crippen LogP contribution is 2.45. The molecule has 3 amide bonds. The summed E-state index contributed by atoms with van der Waals surface area (Å²) in [5, 5.41) is 3.43. The van der Waals surface area contributed by atoms with Gasteiger partial charge < -0.3 is 19.4 Å². The van der Waals surface area contributed by atoms with Crippen molar-refractivity contribution < 1.29 is 28.3 Å². The second-order valence-electron chi connectivity index (χ2n) is 10.3. The number of hydrogen-bond donors (Lipinski definition) is 1. The number of nitrogens with zero attached hydrogens (tertiary/aromatic N) is 2. The van der Waals surface area contributed by atoms with Gasteiger partial charge in [-0.25, -0.2) is 9.59 Å². The SMILES string of the molecule is CCOC(=O)c1cc2cc3c(cc2oc1=O)N(CCCC(=O)NCCN1C(=O)C=CC1=O)C(C)(C)CC3C. The Hall–Kier alpha value is -3.95. The second-order valence-corrected chi connectivity index (χ2v) is 10.3. The first-order valence-electron chi connectivity index (χ1n) is 12.9. The Labute approximate surface area is 220 Å². The molecule has 1 unspecified atom stereocenters. The number of anilines is 1. The van der Waals surface area contributed by atoms with Gasteiger partial charge in [-0.3, -0.25) is 19.3 Å². The maximum atomic E-state index is 12.5. The van der Waals surface area contributed by atoms with Crippen molar-refractivity contribution in [3.05, 3.63) is 51.9 Å². The molecule has 1 aromatic carbocycles. The van der Waals surface area contributed by atoms with Crippen LogP contribution in [-0.4, -0.2) is 60.4 Å². The number of fused-ring (bicyclic) bond motifs is 2. The zero-order chi connectivity index (χ0) is 27.6. The van der Waals surface area contributed by atoms with Crippen molar-refractivity contribution in [3.8, 4) is 0 Å². The number of amides is 3. The highest BCUT2D eigenvalue weighted by molar-refractivity contribution is 6.12. The third-order valence-corrected chi connectivity index (χ3v) is 7.08. The summed E-state index contributed by atoms with van der Waals surface area (Å²) in [6, 6.07) is 5.34. The Morgan fingerprint density at radius 2 is 1.82 bits per heavy atom. The van der Waals surface area contributed by atoms with E-state index >= 15 is 0 Å². The van der Waals surface area contributed by atoms with Gasteiger partial charge in [0.25, 0.3) is 11.8 Å². The van der Waals surface area contributed by atoms with Crippen molar-refractivity contribution in [1.29, 1.82) is 0 Å². The number of ether oxygens (including phenoxy) is 1. The Morgan fingerprint density at radius 1 is 1.11 bits per heavy atom. The zero-order valence-electron chi connectivity index (χ0n) is 22.2. The maximum absolute atomic E-state index is 12.5. The number of rotatable bonds is 9. The summed E-state index contributed by atoms with van der Waals surface area (Å²) >= 11 is 0. The van der Waals surface area contributed by atoms with Crippen LogP contribution in [0.1, 0.15) is 68.8 Å². The highest BCUT2D eigenvalue weighted by atomic mass is 16.5. The lowest BCUT2D eigenvalue weighted by Gasteiger charge is -2.47. The summed E-state index contributed by atoms with van der Waals surface area (Å²) in [6.45, 7) is 9.22. The molecule has 10 nitrogen and oxygen atoms in total. The monoisotopic (exact) mass is 523 g/mol. The zero-order valence-corrected chi connectivity index (χ0v) is 22.2. The van der Waals surface area contributed by atoms with E-state index in [4.69, 9.17) is 9.15 Å². The molecule has 0 fully saturated rings. The number of benzene rings is 1. The fraction of sp³-hybridized carbons (Fsp3) is 0.464. The Balaban J connectivity index is 1.46. The quantitative estimate of drug-likeness (QED) is 0.302. The molecule has 1 aromatic heterocycles. The number of hydrogen-bond acceptors (Lipinski definition) is 8. The predicted octanol–water partition coefficient (Wildman–Crippen LogP) is 2.88. The number of esters is 1. The first-order chi connectivity index (χ1) is 18.0. The van der Waals surface area contributed by atoms with Crippen molar-refractivity contribution in [2.45, 2.75) is 58.4 Å². The van der Waals surface area contributed by atoms with Gasteiger partial charge in [-0.1, -0.05) is 6.92 Å². The summed E-state index contributed by atoms with van der Waals surface area (Å²) < 4.78 is 10.5. The molecule has 4 rings (SSSR count). The maximum Gasteiger partial charge on any atom is 0.351 e. The minimum atomic E-state index is -0.740. The average Bonchev–Trinajstić information content (AvgIpc) is 3.16. The molecule has 2 aliphatic rings. The molecule has 0 spiro atoms. The van der Waals surface area contributed by atoms with Crippen LogP contribution in [-0.2, 0) is 19.1 Å². The van der Waals surface area contributed by atoms with Gasteiger partial charge in [0.2, 0.25) is 5.91 Å². The van der Waals surface area contributed by atoms with Crippen molar-refractivity contribution in [2.75, 3.05) is 31.1 Å². The molecular weight excluding hydrogens is 490 g/mol. The molecule has 0 radical (unpaired) electrons. The lowest BCUT2D eigenvalue weighted by atomic mass is 9.79. The molecular formula is C28H33N3O7. The van der Waals surface area contributed by atoms with Crippen LogP contribution >= 0.6 is 0 Å². The van der Waals surface area contributed by atoms with Crippen LogP contribution in [0.2, 0.25) is 0 Å². The summed E-state index contributed by atoms with van der Waals surface area (Å²) in [7, 11) is 0. The molecule has 0 saturated heterocycles. The van der Waals surface area contributed by atoms with E-state index in [-0.39, 0.29) is 60.9 Å². The number of carbonyl (C=O) groups excluding carboxylic acids is 4. The van der Waals surface area contributed by atoms with E-state index in [1.807, 2.05) is 12.1 Å². The van der Waals surface area contributed by atoms with Crippen LogP contribution in [0.3, 0.4) is 0 Å². The van der Waals surface area contributed by atoms with Gasteiger partial charge in [-0.15, -0.1) is 0 Å². The van der Waals surface area contributed by atoms with Gasteiger partial charge in [0.05, 0.1) is 6.61 Å². The van der Waals surface area contributed by atoms with Gasteiger partial charge >= 0.3 is 11.6 Å². The van der Waals surface area contributed by atoms with Crippen LogP contribution in [0.4, 0.5) is 5.69 Å².